The second-order valence-corrected chi connectivity index (χ2v) is 20.7. The second kappa shape index (κ2) is 57.7. The third-order valence-corrected chi connectivity index (χ3v) is 13.9. The highest BCUT2D eigenvalue weighted by atomic mass is 16.5. The summed E-state index contributed by atoms with van der Waals surface area (Å²) in [6, 6.07) is -0.627. The number of hydrogen-bond acceptors (Lipinski definition) is 5. The minimum atomic E-state index is -0.843. The average molecular weight is 957 g/mol. The normalized spacial score (nSPS) is 12.8. The number of carbonyl (C=O) groups is 2. The molecule has 0 fully saturated rings. The van der Waals surface area contributed by atoms with Gasteiger partial charge in [0.2, 0.25) is 5.91 Å². The molecule has 0 aromatic carbocycles. The van der Waals surface area contributed by atoms with E-state index >= 15 is 0 Å². The monoisotopic (exact) mass is 956 g/mol. The molecule has 0 radical (unpaired) electrons. The predicted molar refractivity (Wildman–Crippen MR) is 296 cm³/mol. The van der Waals surface area contributed by atoms with Crippen LogP contribution in [-0.4, -0.2) is 47.4 Å². The molecule has 0 aromatic rings. The molecule has 0 heterocycles. The van der Waals surface area contributed by atoms with Crippen LogP contribution in [0.1, 0.15) is 322 Å². The average Bonchev–Trinajstić information content (AvgIpc) is 3.34. The van der Waals surface area contributed by atoms with E-state index in [0.29, 0.717) is 19.4 Å². The van der Waals surface area contributed by atoms with E-state index in [0.717, 1.165) is 51.4 Å². The summed E-state index contributed by atoms with van der Waals surface area (Å²) >= 11 is 0. The molecule has 1 amide bonds. The zero-order valence-corrected chi connectivity index (χ0v) is 45.6. The van der Waals surface area contributed by atoms with Crippen molar-refractivity contribution in [1.82, 2.24) is 5.32 Å². The number of aliphatic hydroxyl groups excluding tert-OH is 2. The van der Waals surface area contributed by atoms with Crippen molar-refractivity contribution in [1.29, 1.82) is 0 Å². The number of unbranched alkanes of at least 4 members (excludes halogenated alkanes) is 41. The smallest absolute Gasteiger partial charge is 0.305 e. The van der Waals surface area contributed by atoms with E-state index < -0.39 is 12.1 Å². The van der Waals surface area contributed by atoms with E-state index in [2.05, 4.69) is 43.5 Å². The SMILES string of the molecule is CCCCCC/C=C\C/C=C\CCCCCCCCCC(=O)OCCCCCCCCCCCCCCCCCCCCCCCCC(=O)NC(CO)C(O)/C=C/CCCCCCCCCCC. The van der Waals surface area contributed by atoms with Gasteiger partial charge in [0, 0.05) is 12.8 Å². The van der Waals surface area contributed by atoms with Crippen molar-refractivity contribution in [2.75, 3.05) is 13.2 Å². The van der Waals surface area contributed by atoms with Gasteiger partial charge in [-0.3, -0.25) is 9.59 Å². The Bertz CT molecular complexity index is 1100. The first-order valence-corrected chi connectivity index (χ1v) is 30.3. The molecule has 0 rings (SSSR count). The minimum absolute atomic E-state index is 0.00518. The molecular formula is C62H117NO5. The Morgan fingerprint density at radius 3 is 1.13 bits per heavy atom. The molecule has 3 N–H and O–H groups in total. The largest absolute Gasteiger partial charge is 0.466 e. The Kier molecular flexibility index (Phi) is 56.0. The molecule has 0 saturated carbocycles. The van der Waals surface area contributed by atoms with Crippen molar-refractivity contribution in [3.63, 3.8) is 0 Å². The van der Waals surface area contributed by atoms with Crippen LogP contribution in [0, 0.1) is 0 Å². The summed E-state index contributed by atoms with van der Waals surface area (Å²) in [5.41, 5.74) is 0. The molecule has 400 valence electrons. The lowest BCUT2D eigenvalue weighted by atomic mass is 10.0. The number of aliphatic hydroxyl groups is 2. The summed E-state index contributed by atoms with van der Waals surface area (Å²) in [6.07, 6.45) is 71.8. The Morgan fingerprint density at radius 2 is 0.735 bits per heavy atom. The summed E-state index contributed by atoms with van der Waals surface area (Å²) in [5.74, 6) is -0.0640. The number of carbonyl (C=O) groups excluding carboxylic acids is 2. The molecule has 0 spiro atoms. The Balaban J connectivity index is 3.37. The highest BCUT2D eigenvalue weighted by molar-refractivity contribution is 5.76. The van der Waals surface area contributed by atoms with Crippen molar-refractivity contribution in [3.8, 4) is 0 Å². The van der Waals surface area contributed by atoms with Gasteiger partial charge in [-0.05, 0) is 64.2 Å². The first-order chi connectivity index (χ1) is 33.5. The van der Waals surface area contributed by atoms with Gasteiger partial charge in [-0.2, -0.15) is 0 Å². The fourth-order valence-corrected chi connectivity index (χ4v) is 9.25. The lowest BCUT2D eigenvalue weighted by Crippen LogP contribution is -2.45. The molecular weight excluding hydrogens is 839 g/mol. The van der Waals surface area contributed by atoms with Gasteiger partial charge < -0.3 is 20.3 Å². The molecule has 0 aliphatic heterocycles. The van der Waals surface area contributed by atoms with Crippen molar-refractivity contribution in [2.45, 2.75) is 334 Å². The predicted octanol–water partition coefficient (Wildman–Crippen LogP) is 18.8. The van der Waals surface area contributed by atoms with E-state index in [1.54, 1.807) is 6.08 Å². The molecule has 0 bridgehead atoms. The number of amides is 1. The standard InChI is InChI=1S/C62H117NO5/c1-3-5-7-9-11-13-15-16-17-18-26-29-32-36-40-44-48-52-56-62(67)68-57-53-49-45-41-37-33-30-27-24-22-20-19-21-23-25-28-31-35-39-43-47-51-55-61(66)63-59(58-64)60(65)54-50-46-42-38-34-14-12-10-8-6-4-2/h13,15,17-18,50,54,59-60,64-65H,3-12,14,16,19-49,51-53,55-58H2,1-2H3,(H,63,66)/b15-13-,18-17-,54-50+. The summed E-state index contributed by atoms with van der Waals surface area (Å²) < 4.78 is 5.49. The Hall–Kier alpha value is -1.92. The van der Waals surface area contributed by atoms with Gasteiger partial charge in [0.05, 0.1) is 25.4 Å². The number of nitrogens with one attached hydrogen (secondary N) is 1. The van der Waals surface area contributed by atoms with E-state index in [9.17, 15) is 19.8 Å². The zero-order valence-electron chi connectivity index (χ0n) is 45.6. The van der Waals surface area contributed by atoms with Crippen molar-refractivity contribution in [2.24, 2.45) is 0 Å². The van der Waals surface area contributed by atoms with Gasteiger partial charge in [0.25, 0.3) is 0 Å². The number of allylic oxidation sites excluding steroid dienone is 5. The van der Waals surface area contributed by atoms with Crippen molar-refractivity contribution < 1.29 is 24.5 Å². The van der Waals surface area contributed by atoms with Crippen LogP contribution >= 0.6 is 0 Å². The number of rotatable bonds is 56. The molecule has 6 heteroatoms. The van der Waals surface area contributed by atoms with Crippen LogP contribution in [0.5, 0.6) is 0 Å². The van der Waals surface area contributed by atoms with E-state index in [1.165, 1.54) is 244 Å². The van der Waals surface area contributed by atoms with Crippen LogP contribution in [0.3, 0.4) is 0 Å². The van der Waals surface area contributed by atoms with Crippen LogP contribution < -0.4 is 5.32 Å². The highest BCUT2D eigenvalue weighted by Gasteiger charge is 2.18. The molecule has 0 aromatic heterocycles. The van der Waals surface area contributed by atoms with Crippen LogP contribution in [0.15, 0.2) is 36.5 Å². The van der Waals surface area contributed by atoms with Crippen LogP contribution in [0.4, 0.5) is 0 Å². The third-order valence-electron chi connectivity index (χ3n) is 13.9. The maximum absolute atomic E-state index is 12.4. The molecule has 6 nitrogen and oxygen atoms in total. The van der Waals surface area contributed by atoms with E-state index in [-0.39, 0.29) is 18.5 Å². The molecule has 0 aliphatic rings. The minimum Gasteiger partial charge on any atom is -0.466 e. The first kappa shape index (κ1) is 66.1. The number of hydrogen-bond donors (Lipinski definition) is 3. The fraction of sp³-hybridized carbons (Fsp3) is 0.871. The molecule has 0 saturated heterocycles. The summed E-state index contributed by atoms with van der Waals surface area (Å²) in [5, 5.41) is 23.0. The third kappa shape index (κ3) is 53.4. The van der Waals surface area contributed by atoms with Crippen LogP contribution in [0.25, 0.3) is 0 Å². The van der Waals surface area contributed by atoms with Gasteiger partial charge in [-0.25, -0.2) is 0 Å². The summed E-state index contributed by atoms with van der Waals surface area (Å²) in [4.78, 5) is 24.5. The topological polar surface area (TPSA) is 95.9 Å². The Morgan fingerprint density at radius 1 is 0.412 bits per heavy atom. The van der Waals surface area contributed by atoms with Crippen LogP contribution in [0.2, 0.25) is 0 Å². The lowest BCUT2D eigenvalue weighted by Gasteiger charge is -2.20. The number of esters is 1. The summed E-state index contributed by atoms with van der Waals surface area (Å²) in [7, 11) is 0. The van der Waals surface area contributed by atoms with Crippen molar-refractivity contribution in [3.05, 3.63) is 36.5 Å². The molecule has 2 atom stereocenters. The van der Waals surface area contributed by atoms with Gasteiger partial charge in [-0.15, -0.1) is 0 Å². The second-order valence-electron chi connectivity index (χ2n) is 20.7. The van der Waals surface area contributed by atoms with Crippen LogP contribution in [-0.2, 0) is 14.3 Å². The molecule has 0 aliphatic carbocycles. The maximum atomic E-state index is 12.4. The maximum Gasteiger partial charge on any atom is 0.305 e. The zero-order chi connectivity index (χ0) is 49.3. The van der Waals surface area contributed by atoms with Gasteiger partial charge in [0.15, 0.2) is 0 Å². The highest BCUT2D eigenvalue weighted by Crippen LogP contribution is 2.17. The lowest BCUT2D eigenvalue weighted by molar-refractivity contribution is -0.143. The summed E-state index contributed by atoms with van der Waals surface area (Å²) in [6.45, 7) is 4.88. The Labute approximate surface area is 424 Å². The van der Waals surface area contributed by atoms with E-state index in [1.807, 2.05) is 6.08 Å². The van der Waals surface area contributed by atoms with Crippen molar-refractivity contribution >= 4 is 11.9 Å². The van der Waals surface area contributed by atoms with Gasteiger partial charge in [-0.1, -0.05) is 281 Å². The quantitative estimate of drug-likeness (QED) is 0.0321. The fourth-order valence-electron chi connectivity index (χ4n) is 9.25. The molecule has 68 heavy (non-hydrogen) atoms. The molecule has 2 unspecified atom stereocenters. The first-order valence-electron chi connectivity index (χ1n) is 30.3. The van der Waals surface area contributed by atoms with E-state index in [4.69, 9.17) is 4.74 Å². The van der Waals surface area contributed by atoms with Gasteiger partial charge >= 0.3 is 5.97 Å². The van der Waals surface area contributed by atoms with Gasteiger partial charge in [0.1, 0.15) is 0 Å². The number of ether oxygens (including phenoxy) is 1.